The number of amides is 3. The van der Waals surface area contributed by atoms with Crippen LogP contribution in [-0.2, 0) is 9.59 Å². The third-order valence-electron chi connectivity index (χ3n) is 4.97. The number of rotatable bonds is 4. The summed E-state index contributed by atoms with van der Waals surface area (Å²) in [4.78, 5) is 38.3. The van der Waals surface area contributed by atoms with Crippen molar-refractivity contribution in [3.05, 3.63) is 94.1 Å². The number of fused-ring (bicyclic) bond motifs is 1. The van der Waals surface area contributed by atoms with Gasteiger partial charge in [0.15, 0.2) is 0 Å². The highest BCUT2D eigenvalue weighted by Gasteiger charge is 2.21. The molecule has 0 spiro atoms. The number of nitrogens with one attached hydrogen (secondary N) is 3. The number of carbonyl (C=O) groups is 3. The molecular formula is C25H21BrN4O3. The Bertz CT molecular complexity index is 1390. The van der Waals surface area contributed by atoms with E-state index in [-0.39, 0.29) is 5.69 Å². The molecule has 0 radical (unpaired) electrons. The second-order valence-electron chi connectivity index (χ2n) is 7.66. The Hall–Kier alpha value is -3.91. The molecule has 0 aliphatic carbocycles. The molecular weight excluding hydrogens is 484 g/mol. The van der Waals surface area contributed by atoms with E-state index in [4.69, 9.17) is 0 Å². The zero-order chi connectivity index (χ0) is 23.5. The fourth-order valence-electron chi connectivity index (χ4n) is 3.45. The van der Waals surface area contributed by atoms with E-state index >= 15 is 0 Å². The summed E-state index contributed by atoms with van der Waals surface area (Å²) in [5, 5.41) is 6.14. The van der Waals surface area contributed by atoms with Crippen LogP contribution in [0.15, 0.2) is 77.3 Å². The Labute approximate surface area is 198 Å². The van der Waals surface area contributed by atoms with Crippen molar-refractivity contribution in [2.75, 3.05) is 16.1 Å². The number of hydrogen-bond acceptors (Lipinski definition) is 3. The van der Waals surface area contributed by atoms with Crippen molar-refractivity contribution in [3.63, 3.8) is 0 Å². The summed E-state index contributed by atoms with van der Waals surface area (Å²) in [6.07, 6.45) is 0. The zero-order valence-corrected chi connectivity index (χ0v) is 19.6. The standard InChI is InChI=1S/C25H21BrN4O3/c1-15-5-3-7-19(11-15)27-23(31)22-14-17-13-18(26)9-10-21(17)30(22)29-25(33)24(32)28-20-8-4-6-16(2)12-20/h3-14H,1-2H3,(H,27,31)(H,28,32)(H,29,33). The summed E-state index contributed by atoms with van der Waals surface area (Å²) in [6, 6.07) is 21.5. The SMILES string of the molecule is Cc1cccc(NC(=O)C(=O)Nn2c(C(=O)Nc3cccc(C)c3)cc3cc(Br)ccc32)c1. The van der Waals surface area contributed by atoms with Gasteiger partial charge in [0.2, 0.25) is 0 Å². The van der Waals surface area contributed by atoms with Crippen molar-refractivity contribution in [1.82, 2.24) is 4.68 Å². The maximum absolute atomic E-state index is 13.1. The molecule has 1 heterocycles. The molecule has 3 amide bonds. The van der Waals surface area contributed by atoms with Crippen LogP contribution in [0, 0.1) is 13.8 Å². The van der Waals surface area contributed by atoms with Gasteiger partial charge in [0.1, 0.15) is 5.69 Å². The highest BCUT2D eigenvalue weighted by molar-refractivity contribution is 9.10. The van der Waals surface area contributed by atoms with E-state index in [9.17, 15) is 14.4 Å². The van der Waals surface area contributed by atoms with Crippen LogP contribution in [0.2, 0.25) is 0 Å². The molecule has 0 bridgehead atoms. The molecule has 4 rings (SSSR count). The van der Waals surface area contributed by atoms with Crippen LogP contribution < -0.4 is 16.1 Å². The second kappa shape index (κ2) is 9.30. The molecule has 0 atom stereocenters. The number of carbonyl (C=O) groups excluding carboxylic acids is 3. The molecule has 0 aliphatic rings. The molecule has 166 valence electrons. The van der Waals surface area contributed by atoms with Gasteiger partial charge in [-0.25, -0.2) is 4.68 Å². The van der Waals surface area contributed by atoms with E-state index in [1.165, 1.54) is 4.68 Å². The maximum Gasteiger partial charge on any atom is 0.328 e. The lowest BCUT2D eigenvalue weighted by Crippen LogP contribution is -2.36. The highest BCUT2D eigenvalue weighted by atomic mass is 79.9. The van der Waals surface area contributed by atoms with Crippen LogP contribution in [0.25, 0.3) is 10.9 Å². The van der Waals surface area contributed by atoms with Gasteiger partial charge in [-0.1, -0.05) is 40.2 Å². The molecule has 7 nitrogen and oxygen atoms in total. The fraction of sp³-hybridized carbons (Fsp3) is 0.0800. The average Bonchev–Trinajstić information content (AvgIpc) is 3.11. The Morgan fingerprint density at radius 1 is 0.758 bits per heavy atom. The van der Waals surface area contributed by atoms with Gasteiger partial charge in [-0.15, -0.1) is 0 Å². The van der Waals surface area contributed by atoms with Gasteiger partial charge in [-0.3, -0.25) is 19.8 Å². The van der Waals surface area contributed by atoms with Crippen LogP contribution in [0.5, 0.6) is 0 Å². The van der Waals surface area contributed by atoms with Gasteiger partial charge in [0.05, 0.1) is 5.52 Å². The van der Waals surface area contributed by atoms with Crippen LogP contribution in [0.4, 0.5) is 11.4 Å². The van der Waals surface area contributed by atoms with Crippen LogP contribution in [0.3, 0.4) is 0 Å². The van der Waals surface area contributed by atoms with Gasteiger partial charge in [0.25, 0.3) is 5.91 Å². The molecule has 0 unspecified atom stereocenters. The molecule has 0 saturated carbocycles. The molecule has 3 aromatic carbocycles. The minimum Gasteiger partial charge on any atom is -0.321 e. The lowest BCUT2D eigenvalue weighted by molar-refractivity contribution is -0.133. The summed E-state index contributed by atoms with van der Waals surface area (Å²) in [7, 11) is 0. The lowest BCUT2D eigenvalue weighted by atomic mass is 10.2. The fourth-order valence-corrected chi connectivity index (χ4v) is 3.83. The number of anilines is 2. The number of halogens is 1. The molecule has 4 aromatic rings. The van der Waals surface area contributed by atoms with E-state index in [0.717, 1.165) is 21.0 Å². The minimum atomic E-state index is -0.901. The number of benzene rings is 3. The number of nitrogens with zero attached hydrogens (tertiary/aromatic N) is 1. The largest absolute Gasteiger partial charge is 0.328 e. The first kappa shape index (κ1) is 22.3. The monoisotopic (exact) mass is 504 g/mol. The van der Waals surface area contributed by atoms with Gasteiger partial charge in [-0.2, -0.15) is 0 Å². The Kier molecular flexibility index (Phi) is 6.28. The van der Waals surface area contributed by atoms with Crippen LogP contribution >= 0.6 is 15.9 Å². The molecule has 8 heteroatoms. The molecule has 0 aliphatic heterocycles. The summed E-state index contributed by atoms with van der Waals surface area (Å²) in [5.74, 6) is -2.17. The summed E-state index contributed by atoms with van der Waals surface area (Å²) in [6.45, 7) is 3.82. The van der Waals surface area contributed by atoms with Crippen molar-refractivity contribution >= 4 is 55.9 Å². The van der Waals surface area contributed by atoms with Crippen LogP contribution in [0.1, 0.15) is 21.6 Å². The Morgan fingerprint density at radius 3 is 2.03 bits per heavy atom. The number of hydrogen-bond donors (Lipinski definition) is 3. The topological polar surface area (TPSA) is 92.2 Å². The van der Waals surface area contributed by atoms with Crippen molar-refractivity contribution in [3.8, 4) is 0 Å². The second-order valence-corrected chi connectivity index (χ2v) is 8.57. The molecule has 0 saturated heterocycles. The number of aromatic nitrogens is 1. The van der Waals surface area contributed by atoms with Crippen molar-refractivity contribution in [2.24, 2.45) is 0 Å². The van der Waals surface area contributed by atoms with Gasteiger partial charge >= 0.3 is 11.8 Å². The molecule has 0 fully saturated rings. The number of aryl methyl sites for hydroxylation is 2. The van der Waals surface area contributed by atoms with Gasteiger partial charge in [0, 0.05) is 21.2 Å². The first-order valence-corrected chi connectivity index (χ1v) is 11.0. The van der Waals surface area contributed by atoms with Crippen molar-refractivity contribution in [2.45, 2.75) is 13.8 Å². The molecule has 1 aromatic heterocycles. The van der Waals surface area contributed by atoms with E-state index in [0.29, 0.717) is 16.9 Å². The molecule has 33 heavy (non-hydrogen) atoms. The Balaban J connectivity index is 1.63. The van der Waals surface area contributed by atoms with Crippen LogP contribution in [-0.4, -0.2) is 22.4 Å². The normalized spacial score (nSPS) is 10.6. The minimum absolute atomic E-state index is 0.182. The third kappa shape index (κ3) is 5.12. The average molecular weight is 505 g/mol. The highest BCUT2D eigenvalue weighted by Crippen LogP contribution is 2.24. The van der Waals surface area contributed by atoms with Crippen molar-refractivity contribution < 1.29 is 14.4 Å². The summed E-state index contributed by atoms with van der Waals surface area (Å²) in [5.41, 5.74) is 6.39. The summed E-state index contributed by atoms with van der Waals surface area (Å²) < 4.78 is 2.15. The van der Waals surface area contributed by atoms with E-state index in [1.807, 2.05) is 44.2 Å². The summed E-state index contributed by atoms with van der Waals surface area (Å²) >= 11 is 3.42. The first-order valence-electron chi connectivity index (χ1n) is 10.2. The van der Waals surface area contributed by atoms with E-state index in [2.05, 4.69) is 32.0 Å². The Morgan fingerprint density at radius 2 is 1.39 bits per heavy atom. The maximum atomic E-state index is 13.1. The zero-order valence-electron chi connectivity index (χ0n) is 18.0. The smallest absolute Gasteiger partial charge is 0.321 e. The first-order chi connectivity index (χ1) is 15.8. The van der Waals surface area contributed by atoms with E-state index < -0.39 is 17.7 Å². The van der Waals surface area contributed by atoms with Gasteiger partial charge in [-0.05, 0) is 73.5 Å². The molecule has 3 N–H and O–H groups in total. The predicted octanol–water partition coefficient (Wildman–Crippen LogP) is 4.98. The lowest BCUT2D eigenvalue weighted by Gasteiger charge is -2.13. The van der Waals surface area contributed by atoms with Crippen molar-refractivity contribution in [1.29, 1.82) is 0 Å². The van der Waals surface area contributed by atoms with Gasteiger partial charge < -0.3 is 10.6 Å². The van der Waals surface area contributed by atoms with E-state index in [1.54, 1.807) is 42.5 Å². The quantitative estimate of drug-likeness (QED) is 0.342. The third-order valence-corrected chi connectivity index (χ3v) is 5.46. The predicted molar refractivity (Wildman–Crippen MR) is 133 cm³/mol.